The second-order valence-electron chi connectivity index (χ2n) is 11.2. The zero-order valence-corrected chi connectivity index (χ0v) is 23.3. The number of unbranched alkanes of at least 4 members (excludes halogenated alkanes) is 1. The van der Waals surface area contributed by atoms with Crippen molar-refractivity contribution >= 4 is 0 Å². The normalized spacial score (nSPS) is 25.4. The first kappa shape index (κ1) is 22.6. The summed E-state index contributed by atoms with van der Waals surface area (Å²) in [5.41, 5.74) is 11.1. The first-order chi connectivity index (χ1) is 15.4. The van der Waals surface area contributed by atoms with Crippen molar-refractivity contribution in [2.24, 2.45) is 5.41 Å². The van der Waals surface area contributed by atoms with Gasteiger partial charge in [0.05, 0.1) is 0 Å². The summed E-state index contributed by atoms with van der Waals surface area (Å²) in [4.78, 5) is 0. The summed E-state index contributed by atoms with van der Waals surface area (Å²) in [7, 11) is 0. The maximum atomic E-state index is 2.61. The van der Waals surface area contributed by atoms with Crippen LogP contribution in [-0.2, 0) is 20.3 Å². The fourth-order valence-electron chi connectivity index (χ4n) is 7.26. The van der Waals surface area contributed by atoms with E-state index in [2.05, 4.69) is 89.2 Å². The van der Waals surface area contributed by atoms with E-state index in [1.54, 1.807) is 29.1 Å². The van der Waals surface area contributed by atoms with Gasteiger partial charge in [0.2, 0.25) is 0 Å². The molecule has 0 aromatic heterocycles. The quantitative estimate of drug-likeness (QED) is 0.336. The summed E-state index contributed by atoms with van der Waals surface area (Å²) < 4.78 is 5.87. The van der Waals surface area contributed by atoms with Crippen LogP contribution in [0, 0.1) is 19.3 Å². The molecule has 2 aliphatic carbocycles. The van der Waals surface area contributed by atoms with E-state index in [0.717, 1.165) is 10.0 Å². The van der Waals surface area contributed by atoms with Gasteiger partial charge in [-0.25, -0.2) is 0 Å². The van der Waals surface area contributed by atoms with Crippen LogP contribution in [0.2, 0.25) is 16.0 Å². The number of allylic oxidation sites excluding steroid dienone is 4. The van der Waals surface area contributed by atoms with Crippen molar-refractivity contribution in [3.05, 3.63) is 82.5 Å². The minimum absolute atomic E-state index is 0.291. The topological polar surface area (TPSA) is 0 Å². The fraction of sp³-hybridized carbons (Fsp3) is 0.484. The molecule has 0 spiro atoms. The van der Waals surface area contributed by atoms with Gasteiger partial charge in [-0.05, 0) is 0 Å². The molecule has 1 heteroatoms. The number of fused-ring (bicyclic) bond motifs is 3. The number of benzene rings is 2. The summed E-state index contributed by atoms with van der Waals surface area (Å²) in [6, 6.07) is 14.5. The van der Waals surface area contributed by atoms with E-state index in [1.807, 2.05) is 0 Å². The van der Waals surface area contributed by atoms with Crippen molar-refractivity contribution in [1.82, 2.24) is 0 Å². The molecule has 1 heterocycles. The average molecular weight is 504 g/mol. The van der Waals surface area contributed by atoms with Crippen LogP contribution in [0.3, 0.4) is 0 Å². The minimum atomic E-state index is -2.10. The van der Waals surface area contributed by atoms with E-state index >= 15 is 0 Å². The van der Waals surface area contributed by atoms with Crippen LogP contribution in [0.4, 0.5) is 0 Å². The van der Waals surface area contributed by atoms with Crippen molar-refractivity contribution in [3.63, 3.8) is 0 Å². The van der Waals surface area contributed by atoms with Crippen LogP contribution >= 0.6 is 0 Å². The third-order valence-electron chi connectivity index (χ3n) is 9.21. The predicted octanol–water partition coefficient (Wildman–Crippen LogP) is 9.73. The second-order valence-corrected chi connectivity index (χ2v) is 23.4. The van der Waals surface area contributed by atoms with Crippen molar-refractivity contribution < 1.29 is 20.3 Å². The van der Waals surface area contributed by atoms with E-state index in [1.165, 1.54) is 41.5 Å². The fourth-order valence-corrected chi connectivity index (χ4v) is 24.9. The van der Waals surface area contributed by atoms with Crippen LogP contribution < -0.4 is 0 Å². The molecule has 2 aromatic carbocycles. The molecule has 1 aliphatic heterocycles. The third kappa shape index (κ3) is 3.59. The average Bonchev–Trinajstić information content (AvgIpc) is 3.15. The molecule has 168 valence electrons. The molecule has 5 rings (SSSR count). The summed E-state index contributed by atoms with van der Waals surface area (Å²) in [6.07, 6.45) is 12.5. The monoisotopic (exact) mass is 502 g/mol. The number of aryl methyl sites for hydroxylation is 2. The summed E-state index contributed by atoms with van der Waals surface area (Å²) >= 11 is -2.10. The van der Waals surface area contributed by atoms with Crippen LogP contribution in [0.15, 0.2) is 60.2 Å². The third-order valence-corrected chi connectivity index (χ3v) is 23.7. The molecular formula is C31H40Zr. The van der Waals surface area contributed by atoms with Crippen molar-refractivity contribution in [1.29, 1.82) is 0 Å². The van der Waals surface area contributed by atoms with Gasteiger partial charge in [-0.1, -0.05) is 0 Å². The van der Waals surface area contributed by atoms with Crippen LogP contribution in [0.1, 0.15) is 74.6 Å². The summed E-state index contributed by atoms with van der Waals surface area (Å²) in [6.45, 7) is 12.1. The van der Waals surface area contributed by atoms with Crippen LogP contribution in [0.25, 0.3) is 11.1 Å². The predicted molar refractivity (Wildman–Crippen MR) is 137 cm³/mol. The number of hydrogen-bond donors (Lipinski definition) is 0. The zero-order chi connectivity index (χ0) is 22.5. The molecule has 3 unspecified atom stereocenters. The first-order valence-electron chi connectivity index (χ1n) is 13.0. The summed E-state index contributed by atoms with van der Waals surface area (Å²) in [5, 5.41) is 0. The van der Waals surface area contributed by atoms with Gasteiger partial charge in [-0.3, -0.25) is 0 Å². The van der Waals surface area contributed by atoms with Crippen LogP contribution in [0.5, 0.6) is 0 Å². The van der Waals surface area contributed by atoms with Crippen molar-refractivity contribution in [2.45, 2.75) is 82.2 Å². The van der Waals surface area contributed by atoms with Gasteiger partial charge in [0.25, 0.3) is 0 Å². The Balaban J connectivity index is 1.70. The summed E-state index contributed by atoms with van der Waals surface area (Å²) in [5.74, 6) is 0.520. The molecule has 3 atom stereocenters. The van der Waals surface area contributed by atoms with Gasteiger partial charge in [0.1, 0.15) is 0 Å². The first-order valence-corrected chi connectivity index (χ1v) is 19.6. The second kappa shape index (κ2) is 8.54. The molecular weight excluding hydrogens is 464 g/mol. The van der Waals surface area contributed by atoms with Gasteiger partial charge in [-0.15, -0.1) is 0 Å². The van der Waals surface area contributed by atoms with E-state index in [4.69, 9.17) is 0 Å². The number of rotatable bonds is 8. The molecule has 0 radical (unpaired) electrons. The molecule has 32 heavy (non-hydrogen) atoms. The van der Waals surface area contributed by atoms with E-state index in [-0.39, 0.29) is 0 Å². The molecule has 0 nitrogen and oxygen atoms in total. The Morgan fingerprint density at radius 3 is 2.06 bits per heavy atom. The Hall–Kier alpha value is -1.20. The Labute approximate surface area is 200 Å². The van der Waals surface area contributed by atoms with Gasteiger partial charge >= 0.3 is 201 Å². The van der Waals surface area contributed by atoms with Gasteiger partial charge < -0.3 is 0 Å². The van der Waals surface area contributed by atoms with E-state index < -0.39 is 20.3 Å². The number of hydrogen-bond acceptors (Lipinski definition) is 0. The molecule has 2 aromatic rings. The SMILES string of the molecule is CCC[CH2][Zr]1([CH2]C(CC)(C2=CC=CC2)C2c3cc(C)ccc3-c3ccc(C)cc32)[CH2][CH]1C. The van der Waals surface area contributed by atoms with Crippen LogP contribution in [-0.4, -0.2) is 0 Å². The van der Waals surface area contributed by atoms with Crippen molar-refractivity contribution in [3.8, 4) is 11.1 Å². The van der Waals surface area contributed by atoms with Gasteiger partial charge in [-0.2, -0.15) is 0 Å². The standard InChI is InChI=1S/C24H25.C4H9.C3H6.Zr/c1-5-24(4,18-8-6-7-9-18)23-21-14-16(2)10-12-19(21)20-13-11-17(3)15-22(20)23;1-3-4-2;1-3-2;/h6-8,10-15,23H,4-5,9H2,1-3H3;1,3-4H2,2H3;3H,1H2,2H3;. The Bertz CT molecular complexity index is 1040. The zero-order valence-electron chi connectivity index (χ0n) is 20.8. The van der Waals surface area contributed by atoms with E-state index in [9.17, 15) is 0 Å². The van der Waals surface area contributed by atoms with Gasteiger partial charge in [0, 0.05) is 0 Å². The van der Waals surface area contributed by atoms with E-state index in [0.29, 0.717) is 11.3 Å². The molecule has 1 saturated heterocycles. The van der Waals surface area contributed by atoms with Crippen molar-refractivity contribution in [2.75, 3.05) is 0 Å². The molecule has 0 amide bonds. The molecule has 3 aliphatic rings. The molecule has 0 saturated carbocycles. The molecule has 0 bridgehead atoms. The Morgan fingerprint density at radius 1 is 0.969 bits per heavy atom. The maximum absolute atomic E-state index is 2.61. The Morgan fingerprint density at radius 2 is 1.59 bits per heavy atom. The molecule has 0 N–H and O–H groups in total. The van der Waals surface area contributed by atoms with Gasteiger partial charge in [0.15, 0.2) is 0 Å². The molecule has 1 fully saturated rings. The Kier molecular flexibility index (Phi) is 6.03.